The van der Waals surface area contributed by atoms with Gasteiger partial charge in [0.1, 0.15) is 12.4 Å². The third kappa shape index (κ3) is 4.00. The first kappa shape index (κ1) is 29.9. The molecule has 5 rings (SSSR count). The van der Waals surface area contributed by atoms with Crippen molar-refractivity contribution in [3.8, 4) is 0 Å². The topological polar surface area (TPSA) is 104 Å². The number of hydrogen-bond acceptors (Lipinski definition) is 7. The summed E-state index contributed by atoms with van der Waals surface area (Å²) in [6.45, 7) is 16.8. The van der Waals surface area contributed by atoms with Gasteiger partial charge in [0.2, 0.25) is 0 Å². The van der Waals surface area contributed by atoms with E-state index in [1.807, 2.05) is 13.0 Å². The Morgan fingerprint density at radius 3 is 2.37 bits per heavy atom. The summed E-state index contributed by atoms with van der Waals surface area (Å²) in [5.41, 5.74) is -0.175. The fourth-order valence-electron chi connectivity index (χ4n) is 10.9. The van der Waals surface area contributed by atoms with Gasteiger partial charge in [-0.3, -0.25) is 19.2 Å². The zero-order valence-electron chi connectivity index (χ0n) is 25.7. The minimum atomic E-state index is -1.13. The molecule has 0 radical (unpaired) electrons. The fourth-order valence-corrected chi connectivity index (χ4v) is 10.9. The zero-order chi connectivity index (χ0) is 30.3. The zero-order valence-corrected chi connectivity index (χ0v) is 25.7. The van der Waals surface area contributed by atoms with E-state index in [0.717, 1.165) is 32.1 Å². The molecule has 0 aromatic heterocycles. The number of aldehydes is 1. The molecule has 224 valence electrons. The van der Waals surface area contributed by atoms with E-state index in [4.69, 9.17) is 9.47 Å². The lowest BCUT2D eigenvalue weighted by Gasteiger charge is -2.61. The third-order valence-electron chi connectivity index (χ3n) is 13.0. The standard InChI is InChI=1S/C34H46O7/c1-18(16-35)19(2)29(39)30(41-23(6)37)21(4)28-26(40-22(5)36)15-32(8)27-10-9-24-20(3)25(38)11-12-33(24)17-34(27,33)14-13-31(28,32)7/h11-12,16,18,20-21,24,26-28,30H,2,9-10,13-15,17H2,1,3-8H3/t18?,20-,21-,24-,26-,27-,28-,30+,31+,32-,33+,34-/m0/s1. The van der Waals surface area contributed by atoms with Gasteiger partial charge < -0.3 is 14.3 Å². The number of ether oxygens (including phenoxy) is 2. The van der Waals surface area contributed by atoms with Gasteiger partial charge in [0, 0.05) is 43.1 Å². The van der Waals surface area contributed by atoms with Crippen molar-refractivity contribution in [1.29, 1.82) is 0 Å². The van der Waals surface area contributed by atoms with Crippen molar-refractivity contribution >= 4 is 29.8 Å². The number of hydrogen-bond donors (Lipinski definition) is 0. The van der Waals surface area contributed by atoms with Crippen molar-refractivity contribution in [2.75, 3.05) is 0 Å². The van der Waals surface area contributed by atoms with E-state index >= 15 is 0 Å². The average molecular weight is 567 g/mol. The minimum absolute atomic E-state index is 0.0453. The predicted molar refractivity (Wildman–Crippen MR) is 152 cm³/mol. The van der Waals surface area contributed by atoms with E-state index in [1.54, 1.807) is 6.92 Å². The maximum absolute atomic E-state index is 13.7. The second-order valence-corrected chi connectivity index (χ2v) is 14.6. The van der Waals surface area contributed by atoms with Crippen LogP contribution < -0.4 is 0 Å². The van der Waals surface area contributed by atoms with Crippen LogP contribution in [-0.2, 0) is 33.4 Å². The number of rotatable bonds is 8. The molecule has 7 nitrogen and oxygen atoms in total. The number of Topliss-reactive ketones (excluding diaryl/α,β-unsaturated/α-hetero) is 1. The van der Waals surface area contributed by atoms with Gasteiger partial charge in [-0.05, 0) is 78.1 Å². The molecule has 4 saturated carbocycles. The Morgan fingerprint density at radius 1 is 1.07 bits per heavy atom. The average Bonchev–Trinajstić information content (AvgIpc) is 3.52. The smallest absolute Gasteiger partial charge is 0.303 e. The van der Waals surface area contributed by atoms with E-state index in [0.29, 0.717) is 24.5 Å². The summed E-state index contributed by atoms with van der Waals surface area (Å²) in [5, 5.41) is 0. The van der Waals surface area contributed by atoms with Crippen molar-refractivity contribution in [3.63, 3.8) is 0 Å². The first-order valence-electron chi connectivity index (χ1n) is 15.4. The molecule has 0 aliphatic heterocycles. The Labute approximate surface area is 243 Å². The van der Waals surface area contributed by atoms with E-state index < -0.39 is 35.8 Å². The predicted octanol–water partition coefficient (Wildman–Crippen LogP) is 5.45. The van der Waals surface area contributed by atoms with Gasteiger partial charge in [-0.1, -0.05) is 47.3 Å². The van der Waals surface area contributed by atoms with Crippen LogP contribution in [0.5, 0.6) is 0 Å². The van der Waals surface area contributed by atoms with Crippen LogP contribution in [-0.4, -0.2) is 42.0 Å². The van der Waals surface area contributed by atoms with Crippen LogP contribution in [0.4, 0.5) is 0 Å². The number of carbonyl (C=O) groups is 5. The summed E-state index contributed by atoms with van der Waals surface area (Å²) in [7, 11) is 0. The van der Waals surface area contributed by atoms with E-state index in [9.17, 15) is 24.0 Å². The van der Waals surface area contributed by atoms with Gasteiger partial charge in [-0.2, -0.15) is 0 Å². The molecule has 0 aromatic carbocycles. The Bertz CT molecular complexity index is 1230. The number of allylic oxidation sites excluding steroid dienone is 2. The highest BCUT2D eigenvalue weighted by Crippen LogP contribution is 2.87. The molecule has 12 atom stereocenters. The van der Waals surface area contributed by atoms with Crippen LogP contribution in [0.25, 0.3) is 0 Å². The van der Waals surface area contributed by atoms with Crippen LogP contribution in [0.1, 0.15) is 87.0 Å². The summed E-state index contributed by atoms with van der Waals surface area (Å²) in [5.74, 6) is -1.75. The third-order valence-corrected chi connectivity index (χ3v) is 13.0. The molecule has 0 bridgehead atoms. The second-order valence-electron chi connectivity index (χ2n) is 14.6. The number of fused-ring (bicyclic) bond motifs is 2. The molecule has 2 spiro atoms. The van der Waals surface area contributed by atoms with Gasteiger partial charge >= 0.3 is 11.9 Å². The first-order valence-corrected chi connectivity index (χ1v) is 15.4. The SMILES string of the molecule is C=C(C(=O)[C@H](OC(C)=O)[C@@H](C)[C@H]1[C@@H](OC(C)=O)C[C@@]2(C)[C@@H]3CC[C@H]4[C@H](C)C(=O)C=C[C@@]45C[C@@]35CC[C@]12C)C(C)C=O. The van der Waals surface area contributed by atoms with Gasteiger partial charge in [0.15, 0.2) is 17.7 Å². The van der Waals surface area contributed by atoms with Gasteiger partial charge in [-0.25, -0.2) is 0 Å². The molecular weight excluding hydrogens is 520 g/mol. The van der Waals surface area contributed by atoms with Gasteiger partial charge in [0.05, 0.1) is 0 Å². The highest BCUT2D eigenvalue weighted by atomic mass is 16.6. The monoisotopic (exact) mass is 566 g/mol. The lowest BCUT2D eigenvalue weighted by Crippen LogP contribution is -2.56. The van der Waals surface area contributed by atoms with Crippen molar-refractivity contribution < 1.29 is 33.4 Å². The minimum Gasteiger partial charge on any atom is -0.462 e. The molecule has 5 aliphatic carbocycles. The van der Waals surface area contributed by atoms with Crippen LogP contribution in [0.15, 0.2) is 24.3 Å². The summed E-state index contributed by atoms with van der Waals surface area (Å²) in [6.07, 6.45) is 8.89. The van der Waals surface area contributed by atoms with Gasteiger partial charge in [0.25, 0.3) is 0 Å². The van der Waals surface area contributed by atoms with E-state index in [1.165, 1.54) is 13.8 Å². The number of esters is 2. The fraction of sp³-hybridized carbons (Fsp3) is 0.735. The van der Waals surface area contributed by atoms with Crippen LogP contribution in [0, 0.1) is 57.2 Å². The van der Waals surface area contributed by atoms with Crippen molar-refractivity contribution in [1.82, 2.24) is 0 Å². The molecule has 0 aromatic rings. The highest BCUT2D eigenvalue weighted by Gasteiger charge is 2.81. The number of ketones is 2. The van der Waals surface area contributed by atoms with Crippen molar-refractivity contribution in [2.45, 2.75) is 99.2 Å². The first-order chi connectivity index (χ1) is 19.1. The van der Waals surface area contributed by atoms with Crippen molar-refractivity contribution in [2.24, 2.45) is 57.2 Å². The van der Waals surface area contributed by atoms with Crippen LogP contribution in [0.3, 0.4) is 0 Å². The summed E-state index contributed by atoms with van der Waals surface area (Å²) in [4.78, 5) is 62.5. The van der Waals surface area contributed by atoms with Crippen LogP contribution in [0.2, 0.25) is 0 Å². The normalized spacial score (nSPS) is 44.2. The molecule has 5 aliphatic rings. The van der Waals surface area contributed by atoms with Gasteiger partial charge in [-0.15, -0.1) is 0 Å². The maximum atomic E-state index is 13.7. The largest absolute Gasteiger partial charge is 0.462 e. The molecule has 1 unspecified atom stereocenters. The molecule has 0 N–H and O–H groups in total. The Kier molecular flexibility index (Phi) is 7.10. The lowest BCUT2D eigenvalue weighted by molar-refractivity contribution is -0.166. The molecule has 41 heavy (non-hydrogen) atoms. The number of carbonyl (C=O) groups excluding carboxylic acids is 5. The molecule has 0 amide bonds. The second kappa shape index (κ2) is 9.74. The van der Waals surface area contributed by atoms with E-state index in [-0.39, 0.29) is 50.8 Å². The quantitative estimate of drug-likeness (QED) is 0.219. The maximum Gasteiger partial charge on any atom is 0.303 e. The van der Waals surface area contributed by atoms with Crippen LogP contribution >= 0.6 is 0 Å². The molecular formula is C34H46O7. The summed E-state index contributed by atoms with van der Waals surface area (Å²) in [6, 6.07) is 0. The molecule has 4 fully saturated rings. The highest BCUT2D eigenvalue weighted by molar-refractivity contribution is 6.02. The Balaban J connectivity index is 1.55. The summed E-state index contributed by atoms with van der Waals surface area (Å²) >= 11 is 0. The molecule has 0 heterocycles. The Hall–Kier alpha value is -2.57. The lowest BCUT2D eigenvalue weighted by atomic mass is 9.43. The van der Waals surface area contributed by atoms with Crippen molar-refractivity contribution in [3.05, 3.63) is 24.3 Å². The molecule has 7 heteroatoms. The summed E-state index contributed by atoms with van der Waals surface area (Å²) < 4.78 is 11.8. The van der Waals surface area contributed by atoms with E-state index in [2.05, 4.69) is 33.4 Å². The Morgan fingerprint density at radius 2 is 1.76 bits per heavy atom. The molecule has 0 saturated heterocycles.